The summed E-state index contributed by atoms with van der Waals surface area (Å²) in [7, 11) is 0. The molecule has 0 aliphatic heterocycles. The van der Waals surface area contributed by atoms with E-state index >= 15 is 0 Å². The van der Waals surface area contributed by atoms with Crippen molar-refractivity contribution >= 4 is 28.1 Å². The van der Waals surface area contributed by atoms with E-state index in [1.54, 1.807) is 12.3 Å². The average molecular weight is 271 g/mol. The number of rotatable bonds is 4. The minimum Gasteiger partial charge on any atom is -0.411 e. The number of anilines is 1. The highest BCUT2D eigenvalue weighted by molar-refractivity contribution is 7.14. The van der Waals surface area contributed by atoms with Gasteiger partial charge in [-0.15, -0.1) is 11.3 Å². The predicted octanol–water partition coefficient (Wildman–Crippen LogP) is 2.09. The third kappa shape index (κ3) is 4.80. The van der Waals surface area contributed by atoms with E-state index < -0.39 is 0 Å². The highest BCUT2D eigenvalue weighted by atomic mass is 32.1. The number of nitrogens with zero attached hydrogens (tertiary/aromatic N) is 2. The summed E-state index contributed by atoms with van der Waals surface area (Å²) < 4.78 is 5.34. The molecule has 0 spiro atoms. The number of thiazole rings is 1. The summed E-state index contributed by atoms with van der Waals surface area (Å²) >= 11 is 1.26. The van der Waals surface area contributed by atoms with Gasteiger partial charge in [0.2, 0.25) is 0 Å². The topological polar surface area (TPSA) is 83.8 Å². The van der Waals surface area contributed by atoms with Gasteiger partial charge in [-0.1, -0.05) is 5.16 Å². The summed E-state index contributed by atoms with van der Waals surface area (Å²) in [6.45, 7) is 7.24. The summed E-state index contributed by atoms with van der Waals surface area (Å²) in [5.74, 6) is -0.260. The highest BCUT2D eigenvalue weighted by Gasteiger charge is 2.14. The van der Waals surface area contributed by atoms with Crippen molar-refractivity contribution in [3.05, 3.63) is 11.1 Å². The van der Waals surface area contributed by atoms with E-state index in [0.717, 1.165) is 0 Å². The molecular formula is C11H17N3O3S. The molecule has 0 saturated carbocycles. The Hall–Kier alpha value is -1.47. The van der Waals surface area contributed by atoms with Crippen LogP contribution in [0.25, 0.3) is 0 Å². The molecule has 0 bridgehead atoms. The van der Waals surface area contributed by atoms with E-state index in [4.69, 9.17) is 9.94 Å². The van der Waals surface area contributed by atoms with Gasteiger partial charge in [0.15, 0.2) is 5.13 Å². The van der Waals surface area contributed by atoms with Crippen LogP contribution in [-0.4, -0.2) is 34.0 Å². The van der Waals surface area contributed by atoms with Crippen LogP contribution in [0.1, 0.15) is 33.4 Å². The average Bonchev–Trinajstić information content (AvgIpc) is 2.73. The number of hydrogen-bond donors (Lipinski definition) is 2. The Labute approximate surface area is 110 Å². The Morgan fingerprint density at radius 1 is 1.61 bits per heavy atom. The SMILES string of the molecule is CC(=NO)c1csc(NC(=O)COC(C)(C)C)n1. The zero-order chi connectivity index (χ0) is 13.8. The van der Waals surface area contributed by atoms with Gasteiger partial charge < -0.3 is 9.94 Å². The second-order valence-electron chi connectivity index (χ2n) is 4.67. The van der Waals surface area contributed by atoms with Crippen LogP contribution in [-0.2, 0) is 9.53 Å². The largest absolute Gasteiger partial charge is 0.411 e. The lowest BCUT2D eigenvalue weighted by molar-refractivity contribution is -0.125. The first-order valence-electron chi connectivity index (χ1n) is 5.40. The van der Waals surface area contributed by atoms with Crippen LogP contribution in [0.15, 0.2) is 10.5 Å². The van der Waals surface area contributed by atoms with Crippen molar-refractivity contribution in [1.82, 2.24) is 4.98 Å². The van der Waals surface area contributed by atoms with Crippen LogP contribution in [0.3, 0.4) is 0 Å². The first-order chi connectivity index (χ1) is 8.31. The fourth-order valence-corrected chi connectivity index (χ4v) is 1.76. The molecule has 1 rings (SSSR count). The lowest BCUT2D eigenvalue weighted by atomic mass is 10.2. The van der Waals surface area contributed by atoms with E-state index in [2.05, 4.69) is 15.5 Å². The quantitative estimate of drug-likeness (QED) is 0.499. The predicted molar refractivity (Wildman–Crippen MR) is 70.4 cm³/mol. The Balaban J connectivity index is 2.53. The van der Waals surface area contributed by atoms with Crippen molar-refractivity contribution in [1.29, 1.82) is 0 Å². The number of carbonyl (C=O) groups excluding carboxylic acids is 1. The summed E-state index contributed by atoms with van der Waals surface area (Å²) in [5, 5.41) is 16.4. The fraction of sp³-hybridized carbons (Fsp3) is 0.545. The number of oxime groups is 1. The third-order valence-corrected chi connectivity index (χ3v) is 2.67. The van der Waals surface area contributed by atoms with E-state index in [1.165, 1.54) is 11.3 Å². The Morgan fingerprint density at radius 2 is 2.28 bits per heavy atom. The molecule has 1 heterocycles. The molecule has 0 aromatic carbocycles. The van der Waals surface area contributed by atoms with Crippen molar-refractivity contribution in [2.24, 2.45) is 5.16 Å². The molecule has 18 heavy (non-hydrogen) atoms. The highest BCUT2D eigenvalue weighted by Crippen LogP contribution is 2.16. The van der Waals surface area contributed by atoms with E-state index in [9.17, 15) is 4.79 Å². The summed E-state index contributed by atoms with van der Waals surface area (Å²) in [4.78, 5) is 15.7. The van der Waals surface area contributed by atoms with Crippen LogP contribution in [0.5, 0.6) is 0 Å². The molecule has 0 aliphatic carbocycles. The number of hydrogen-bond acceptors (Lipinski definition) is 6. The van der Waals surface area contributed by atoms with Gasteiger partial charge >= 0.3 is 0 Å². The molecule has 100 valence electrons. The molecule has 2 N–H and O–H groups in total. The fourth-order valence-electron chi connectivity index (χ4n) is 0.986. The minimum absolute atomic E-state index is 0.0223. The van der Waals surface area contributed by atoms with Crippen molar-refractivity contribution in [2.45, 2.75) is 33.3 Å². The number of carbonyl (C=O) groups is 1. The van der Waals surface area contributed by atoms with Gasteiger partial charge in [0.1, 0.15) is 18.0 Å². The zero-order valence-corrected chi connectivity index (χ0v) is 11.7. The monoisotopic (exact) mass is 271 g/mol. The maximum Gasteiger partial charge on any atom is 0.252 e. The molecule has 1 aromatic heterocycles. The normalized spacial score (nSPS) is 12.6. The molecule has 0 fully saturated rings. The van der Waals surface area contributed by atoms with Gasteiger partial charge in [-0.25, -0.2) is 4.98 Å². The molecule has 0 unspecified atom stereocenters. The minimum atomic E-state index is -0.356. The standard InChI is InChI=1S/C11H17N3O3S/c1-7(14-16)8-6-18-10(12-8)13-9(15)5-17-11(2,3)4/h6,16H,5H2,1-4H3,(H,12,13,15). The van der Waals surface area contributed by atoms with Crippen LogP contribution in [0, 0.1) is 0 Å². The number of nitrogens with one attached hydrogen (secondary N) is 1. The van der Waals surface area contributed by atoms with E-state index in [0.29, 0.717) is 16.5 Å². The Kier molecular flexibility index (Phi) is 4.80. The Bertz CT molecular complexity index is 449. The molecular weight excluding hydrogens is 254 g/mol. The zero-order valence-electron chi connectivity index (χ0n) is 10.9. The summed E-state index contributed by atoms with van der Waals surface area (Å²) in [5.41, 5.74) is 0.582. The number of aromatic nitrogens is 1. The van der Waals surface area contributed by atoms with Crippen molar-refractivity contribution < 1.29 is 14.7 Å². The van der Waals surface area contributed by atoms with Crippen LogP contribution < -0.4 is 5.32 Å². The Morgan fingerprint density at radius 3 is 2.83 bits per heavy atom. The maximum atomic E-state index is 11.6. The van der Waals surface area contributed by atoms with Gasteiger partial charge in [0, 0.05) is 5.38 Å². The number of amides is 1. The summed E-state index contributed by atoms with van der Waals surface area (Å²) in [6.07, 6.45) is 0. The van der Waals surface area contributed by atoms with Gasteiger partial charge in [0.25, 0.3) is 5.91 Å². The van der Waals surface area contributed by atoms with E-state index in [1.807, 2.05) is 20.8 Å². The van der Waals surface area contributed by atoms with Crippen LogP contribution in [0.4, 0.5) is 5.13 Å². The molecule has 0 saturated heterocycles. The molecule has 6 nitrogen and oxygen atoms in total. The first-order valence-corrected chi connectivity index (χ1v) is 6.28. The van der Waals surface area contributed by atoms with Crippen molar-refractivity contribution in [3.8, 4) is 0 Å². The van der Waals surface area contributed by atoms with Gasteiger partial charge in [0.05, 0.1) is 5.60 Å². The molecule has 0 aliphatic rings. The molecule has 7 heteroatoms. The molecule has 1 aromatic rings. The van der Waals surface area contributed by atoms with Gasteiger partial charge in [-0.05, 0) is 27.7 Å². The van der Waals surface area contributed by atoms with Gasteiger partial charge in [-0.2, -0.15) is 0 Å². The molecule has 0 radical (unpaired) electrons. The second-order valence-corrected chi connectivity index (χ2v) is 5.53. The van der Waals surface area contributed by atoms with Crippen LogP contribution in [0.2, 0.25) is 0 Å². The summed E-state index contributed by atoms with van der Waals surface area (Å²) in [6, 6.07) is 0. The number of ether oxygens (including phenoxy) is 1. The molecule has 1 amide bonds. The maximum absolute atomic E-state index is 11.6. The second kappa shape index (κ2) is 5.92. The lowest BCUT2D eigenvalue weighted by Crippen LogP contribution is -2.27. The lowest BCUT2D eigenvalue weighted by Gasteiger charge is -2.18. The van der Waals surface area contributed by atoms with Gasteiger partial charge in [-0.3, -0.25) is 10.1 Å². The smallest absolute Gasteiger partial charge is 0.252 e. The van der Waals surface area contributed by atoms with Crippen LogP contribution >= 0.6 is 11.3 Å². The first kappa shape index (κ1) is 14.6. The van der Waals surface area contributed by atoms with Crippen molar-refractivity contribution in [2.75, 3.05) is 11.9 Å². The van der Waals surface area contributed by atoms with E-state index in [-0.39, 0.29) is 18.1 Å². The third-order valence-electron chi connectivity index (χ3n) is 1.91. The van der Waals surface area contributed by atoms with Crippen molar-refractivity contribution in [3.63, 3.8) is 0 Å². The molecule has 0 atom stereocenters.